The van der Waals surface area contributed by atoms with Crippen LogP contribution in [-0.4, -0.2) is 31.9 Å². The van der Waals surface area contributed by atoms with Crippen LogP contribution in [0.25, 0.3) is 5.57 Å². The van der Waals surface area contributed by atoms with Crippen LogP contribution in [-0.2, 0) is 16.1 Å². The van der Waals surface area contributed by atoms with Crippen molar-refractivity contribution in [2.75, 3.05) is 26.0 Å². The van der Waals surface area contributed by atoms with Gasteiger partial charge in [-0.3, -0.25) is 4.79 Å². The van der Waals surface area contributed by atoms with Crippen LogP contribution in [0.5, 0.6) is 5.75 Å². The van der Waals surface area contributed by atoms with Gasteiger partial charge in [0.1, 0.15) is 12.4 Å². The second-order valence-electron chi connectivity index (χ2n) is 6.31. The van der Waals surface area contributed by atoms with Gasteiger partial charge >= 0.3 is 5.97 Å². The normalized spacial score (nSPS) is 16.3. The Morgan fingerprint density at radius 3 is 2.96 bits per heavy atom. The van der Waals surface area contributed by atoms with Crippen LogP contribution in [0.3, 0.4) is 0 Å². The molecule has 0 atom stereocenters. The van der Waals surface area contributed by atoms with E-state index in [2.05, 4.69) is 22.8 Å². The summed E-state index contributed by atoms with van der Waals surface area (Å²) >= 11 is 3.30. The number of thioether (sulfide) groups is 1. The molecule has 0 radical (unpaired) electrons. The van der Waals surface area contributed by atoms with Crippen LogP contribution in [0.2, 0.25) is 0 Å². The van der Waals surface area contributed by atoms with E-state index < -0.39 is 0 Å². The first-order valence-corrected chi connectivity index (χ1v) is 10.6. The predicted octanol–water partition coefficient (Wildman–Crippen LogP) is 4.09. The number of nitrogens with one attached hydrogen (secondary N) is 1. The van der Waals surface area contributed by atoms with E-state index in [0.29, 0.717) is 12.4 Å². The first-order valence-electron chi connectivity index (χ1n) is 8.72. The first-order chi connectivity index (χ1) is 12.8. The fraction of sp³-hybridized carbons (Fsp3) is 0.350. The Morgan fingerprint density at radius 2 is 2.15 bits per heavy atom. The van der Waals surface area contributed by atoms with Crippen molar-refractivity contribution in [1.29, 1.82) is 0 Å². The van der Waals surface area contributed by atoms with Gasteiger partial charge in [-0.25, -0.2) is 0 Å². The molecule has 0 aliphatic carbocycles. The minimum atomic E-state index is -0.210. The molecule has 0 amide bonds. The Labute approximate surface area is 161 Å². The molecule has 1 aromatic carbocycles. The van der Waals surface area contributed by atoms with Crippen molar-refractivity contribution < 1.29 is 14.3 Å². The summed E-state index contributed by atoms with van der Waals surface area (Å²) in [5.74, 6) is 1.03. The number of hydrogen-bond acceptors (Lipinski definition) is 6. The maximum absolute atomic E-state index is 11.5. The molecule has 1 N–H and O–H groups in total. The van der Waals surface area contributed by atoms with Crippen molar-refractivity contribution in [3.05, 3.63) is 51.2 Å². The van der Waals surface area contributed by atoms with E-state index in [0.717, 1.165) is 42.1 Å². The number of carbonyl (C=O) groups is 1. The highest BCUT2D eigenvalue weighted by Gasteiger charge is 2.24. The Hall–Kier alpha value is -1.76. The van der Waals surface area contributed by atoms with Crippen LogP contribution in [0.4, 0.5) is 0 Å². The van der Waals surface area contributed by atoms with E-state index in [1.165, 1.54) is 40.5 Å². The van der Waals surface area contributed by atoms with Crippen LogP contribution < -0.4 is 10.1 Å². The van der Waals surface area contributed by atoms with Crippen LogP contribution in [0, 0.1) is 0 Å². The lowest BCUT2D eigenvalue weighted by Gasteiger charge is -2.21. The number of fused-ring (bicyclic) bond motifs is 2. The van der Waals surface area contributed by atoms with Gasteiger partial charge < -0.3 is 14.8 Å². The van der Waals surface area contributed by atoms with Gasteiger partial charge in [0.05, 0.1) is 12.9 Å². The molecule has 0 bridgehead atoms. The monoisotopic (exact) mass is 387 g/mol. The Balaban J connectivity index is 1.78. The maximum Gasteiger partial charge on any atom is 0.315 e. The largest absolute Gasteiger partial charge is 0.488 e. The number of hydrogen-bond donors (Lipinski definition) is 1. The van der Waals surface area contributed by atoms with E-state index in [4.69, 9.17) is 9.47 Å². The summed E-state index contributed by atoms with van der Waals surface area (Å²) in [4.78, 5) is 13.9. The summed E-state index contributed by atoms with van der Waals surface area (Å²) < 4.78 is 10.9. The van der Waals surface area contributed by atoms with Crippen molar-refractivity contribution in [3.8, 4) is 5.75 Å². The number of methoxy groups -OCH3 is 1. The smallest absolute Gasteiger partial charge is 0.315 e. The highest BCUT2D eigenvalue weighted by atomic mass is 32.2. The third-order valence-corrected chi connectivity index (χ3v) is 6.66. The molecule has 4 rings (SSSR count). The van der Waals surface area contributed by atoms with E-state index in [9.17, 15) is 4.79 Å². The first kappa shape index (κ1) is 17.6. The topological polar surface area (TPSA) is 47.6 Å². The number of piperidine rings is 1. The van der Waals surface area contributed by atoms with E-state index >= 15 is 0 Å². The molecule has 2 aromatic rings. The summed E-state index contributed by atoms with van der Waals surface area (Å²) in [6, 6.07) is 8.40. The lowest BCUT2D eigenvalue weighted by Crippen LogP contribution is -2.23. The van der Waals surface area contributed by atoms with Gasteiger partial charge in [0.2, 0.25) is 0 Å². The average molecular weight is 388 g/mol. The summed E-state index contributed by atoms with van der Waals surface area (Å²) in [6.07, 6.45) is 2.12. The third-order valence-electron chi connectivity index (χ3n) is 4.72. The van der Waals surface area contributed by atoms with Crippen molar-refractivity contribution >= 4 is 34.6 Å². The second-order valence-corrected chi connectivity index (χ2v) is 8.28. The van der Waals surface area contributed by atoms with Gasteiger partial charge in [0.15, 0.2) is 0 Å². The molecule has 136 valence electrons. The summed E-state index contributed by atoms with van der Waals surface area (Å²) in [7, 11) is 1.42. The highest BCUT2D eigenvalue weighted by molar-refractivity contribution is 8.00. The van der Waals surface area contributed by atoms with Gasteiger partial charge in [-0.2, -0.15) is 0 Å². The summed E-state index contributed by atoms with van der Waals surface area (Å²) in [5, 5.41) is 5.59. The Bertz CT molecular complexity index is 848. The maximum atomic E-state index is 11.5. The number of carbonyl (C=O) groups excluding carboxylic acids is 1. The molecule has 26 heavy (non-hydrogen) atoms. The Morgan fingerprint density at radius 1 is 1.31 bits per heavy atom. The zero-order chi connectivity index (χ0) is 17.9. The molecule has 3 heterocycles. The minimum Gasteiger partial charge on any atom is -0.488 e. The van der Waals surface area contributed by atoms with E-state index in [-0.39, 0.29) is 5.97 Å². The SMILES string of the molecule is COC(=O)CSc1ccc2c(c1)C(=C1CCNCC1)c1sccc1CO2. The number of rotatable bonds is 3. The summed E-state index contributed by atoms with van der Waals surface area (Å²) in [5.41, 5.74) is 5.24. The van der Waals surface area contributed by atoms with E-state index in [1.54, 1.807) is 11.3 Å². The average Bonchev–Trinajstić information content (AvgIpc) is 3.08. The number of ether oxygens (including phenoxy) is 2. The molecule has 2 aliphatic heterocycles. The molecule has 6 heteroatoms. The molecular weight excluding hydrogens is 366 g/mol. The molecular formula is C20H21NO3S2. The Kier molecular flexibility index (Phi) is 5.33. The van der Waals surface area contributed by atoms with Gasteiger partial charge in [0.25, 0.3) is 0 Å². The molecule has 0 unspecified atom stereocenters. The van der Waals surface area contributed by atoms with E-state index in [1.807, 2.05) is 12.1 Å². The standard InChI is InChI=1S/C20H21NO3S2/c1-23-18(22)12-26-15-2-3-17-16(10-15)19(13-4-7-21-8-5-13)20-14(11-24-17)6-9-25-20/h2-3,6,9-10,21H,4-5,7-8,11-12H2,1H3. The molecule has 0 spiro atoms. The lowest BCUT2D eigenvalue weighted by molar-refractivity contribution is -0.137. The van der Waals surface area contributed by atoms with Crippen LogP contribution >= 0.6 is 23.1 Å². The highest BCUT2D eigenvalue weighted by Crippen LogP contribution is 2.43. The minimum absolute atomic E-state index is 0.210. The zero-order valence-corrected chi connectivity index (χ0v) is 16.3. The van der Waals surface area contributed by atoms with Gasteiger partial charge in [-0.15, -0.1) is 23.1 Å². The summed E-state index contributed by atoms with van der Waals surface area (Å²) in [6.45, 7) is 2.65. The van der Waals surface area contributed by atoms with Crippen molar-refractivity contribution in [1.82, 2.24) is 5.32 Å². The van der Waals surface area contributed by atoms with Gasteiger partial charge in [0, 0.05) is 26.5 Å². The van der Waals surface area contributed by atoms with Gasteiger partial charge in [-0.1, -0.05) is 5.57 Å². The van der Waals surface area contributed by atoms with Crippen LogP contribution in [0.15, 0.2) is 40.1 Å². The molecule has 2 aliphatic rings. The fourth-order valence-electron chi connectivity index (χ4n) is 3.40. The molecule has 4 nitrogen and oxygen atoms in total. The van der Waals surface area contributed by atoms with Crippen LogP contribution in [0.1, 0.15) is 28.8 Å². The van der Waals surface area contributed by atoms with Crippen molar-refractivity contribution in [2.24, 2.45) is 0 Å². The molecule has 1 aromatic heterocycles. The number of benzene rings is 1. The zero-order valence-electron chi connectivity index (χ0n) is 14.7. The third kappa shape index (κ3) is 3.54. The number of thiophene rings is 1. The molecule has 1 saturated heterocycles. The van der Waals surface area contributed by atoms with Gasteiger partial charge in [-0.05, 0) is 55.6 Å². The number of esters is 1. The lowest BCUT2D eigenvalue weighted by atomic mass is 9.91. The molecule has 0 saturated carbocycles. The second kappa shape index (κ2) is 7.86. The fourth-order valence-corrected chi connectivity index (χ4v) is 5.18. The quantitative estimate of drug-likeness (QED) is 0.635. The predicted molar refractivity (Wildman–Crippen MR) is 106 cm³/mol. The van der Waals surface area contributed by atoms with Crippen molar-refractivity contribution in [3.63, 3.8) is 0 Å². The van der Waals surface area contributed by atoms with Crippen molar-refractivity contribution in [2.45, 2.75) is 24.3 Å². The molecule has 1 fully saturated rings.